The highest BCUT2D eigenvalue weighted by Gasteiger charge is 2.19. The van der Waals surface area contributed by atoms with Crippen LogP contribution in [0.3, 0.4) is 0 Å². The monoisotopic (exact) mass is 701 g/mol. The zero-order valence-corrected chi connectivity index (χ0v) is 31.8. The van der Waals surface area contributed by atoms with E-state index in [1.165, 1.54) is 32.1 Å². The molecule has 11 nitrogen and oxygen atoms in total. The molecule has 278 valence electrons. The molecule has 0 aliphatic heterocycles. The van der Waals surface area contributed by atoms with Gasteiger partial charge in [-0.1, -0.05) is 107 Å². The van der Waals surface area contributed by atoms with Crippen LogP contribution in [0.1, 0.15) is 120 Å². The summed E-state index contributed by atoms with van der Waals surface area (Å²) in [7, 11) is 5.47. The highest BCUT2D eigenvalue weighted by molar-refractivity contribution is 6.03. The van der Waals surface area contributed by atoms with E-state index < -0.39 is 5.76 Å². The molecule has 0 radical (unpaired) electrons. The zero-order valence-electron chi connectivity index (χ0n) is 31.8. The molecule has 2 aliphatic rings. The van der Waals surface area contributed by atoms with Crippen molar-refractivity contribution in [3.63, 3.8) is 0 Å². The van der Waals surface area contributed by atoms with Crippen LogP contribution in [0.2, 0.25) is 0 Å². The average Bonchev–Trinajstić information content (AvgIpc) is 3.61. The SMILES string of the molecule is CC.CCC/C=C\N=c1n(C)c(CCC)c(Cc2ccc(C3=CCCC=C3c3noc(=O)[nH]3)cc2)c(=O)n1C.CN=C(N)COC1CCCCC1. The van der Waals surface area contributed by atoms with E-state index in [4.69, 9.17) is 15.0 Å². The molecule has 3 aromatic rings. The van der Waals surface area contributed by atoms with E-state index >= 15 is 0 Å². The fourth-order valence-electron chi connectivity index (χ4n) is 6.26. The van der Waals surface area contributed by atoms with Gasteiger partial charge in [-0.2, -0.15) is 0 Å². The van der Waals surface area contributed by atoms with Crippen LogP contribution in [-0.2, 0) is 31.7 Å². The quantitative estimate of drug-likeness (QED) is 0.158. The lowest BCUT2D eigenvalue weighted by Crippen LogP contribution is -2.42. The minimum Gasteiger partial charge on any atom is -0.386 e. The van der Waals surface area contributed by atoms with Gasteiger partial charge >= 0.3 is 5.76 Å². The molecule has 11 heteroatoms. The van der Waals surface area contributed by atoms with Crippen LogP contribution in [0.5, 0.6) is 0 Å². The minimum atomic E-state index is -0.565. The Hall–Kier alpha value is -4.51. The van der Waals surface area contributed by atoms with E-state index in [-0.39, 0.29) is 5.56 Å². The van der Waals surface area contributed by atoms with Crippen LogP contribution in [0.15, 0.2) is 72.8 Å². The number of nitrogens with one attached hydrogen (secondary N) is 1. The Bertz CT molecular complexity index is 1830. The Kier molecular flexibility index (Phi) is 17.4. The van der Waals surface area contributed by atoms with E-state index in [2.05, 4.69) is 70.4 Å². The molecule has 0 saturated heterocycles. The molecule has 0 bridgehead atoms. The molecular weight excluding hydrogens is 642 g/mol. The summed E-state index contributed by atoms with van der Waals surface area (Å²) in [6.07, 6.45) is 20.9. The Morgan fingerprint density at radius 3 is 2.31 bits per heavy atom. The number of amidine groups is 1. The number of hydrogen-bond donors (Lipinski definition) is 2. The van der Waals surface area contributed by atoms with Gasteiger partial charge in [0.2, 0.25) is 5.62 Å². The first kappa shape index (κ1) is 40.9. The molecule has 2 heterocycles. The van der Waals surface area contributed by atoms with Gasteiger partial charge in [0.05, 0.1) is 6.10 Å². The topological polar surface area (TPSA) is 146 Å². The fourth-order valence-corrected chi connectivity index (χ4v) is 6.26. The Labute approximate surface area is 302 Å². The molecule has 1 fully saturated rings. The zero-order chi connectivity index (χ0) is 37.2. The van der Waals surface area contributed by atoms with Crippen LogP contribution < -0.4 is 22.7 Å². The second-order valence-corrected chi connectivity index (χ2v) is 12.6. The summed E-state index contributed by atoms with van der Waals surface area (Å²) >= 11 is 0. The van der Waals surface area contributed by atoms with Crippen molar-refractivity contribution in [2.45, 2.75) is 111 Å². The number of aliphatic imine (C=N–C) groups is 1. The number of allylic oxidation sites excluding steroid dienone is 5. The molecule has 2 aromatic heterocycles. The second-order valence-electron chi connectivity index (χ2n) is 12.6. The van der Waals surface area contributed by atoms with Crippen LogP contribution in [-0.4, -0.2) is 44.9 Å². The van der Waals surface area contributed by atoms with Gasteiger partial charge in [-0.25, -0.2) is 9.79 Å². The first-order valence-electron chi connectivity index (χ1n) is 18.6. The first-order chi connectivity index (χ1) is 24.8. The molecule has 0 spiro atoms. The number of unbranched alkanes of at least 4 members (excludes halogenated alkanes) is 1. The Balaban J connectivity index is 0.000000422. The lowest BCUT2D eigenvalue weighted by molar-refractivity contribution is 0.0525. The van der Waals surface area contributed by atoms with Crippen molar-refractivity contribution in [1.82, 2.24) is 19.3 Å². The molecule has 2 aliphatic carbocycles. The van der Waals surface area contributed by atoms with Crippen molar-refractivity contribution in [1.29, 1.82) is 0 Å². The van der Waals surface area contributed by atoms with Crippen molar-refractivity contribution in [2.75, 3.05) is 13.7 Å². The molecule has 5 rings (SSSR count). The Morgan fingerprint density at radius 2 is 1.71 bits per heavy atom. The number of rotatable bonds is 12. The summed E-state index contributed by atoms with van der Waals surface area (Å²) in [6, 6.07) is 8.25. The number of aromatic amines is 1. The lowest BCUT2D eigenvalue weighted by Gasteiger charge is -2.21. The summed E-state index contributed by atoms with van der Waals surface area (Å²) in [5.74, 6) is 0.473. The number of aromatic nitrogens is 4. The number of hydrogen-bond acceptors (Lipinski definition) is 7. The largest absolute Gasteiger partial charge is 0.439 e. The summed E-state index contributed by atoms with van der Waals surface area (Å²) in [5, 5.41) is 3.87. The smallest absolute Gasteiger partial charge is 0.386 e. The highest BCUT2D eigenvalue weighted by Crippen LogP contribution is 2.33. The van der Waals surface area contributed by atoms with E-state index in [1.807, 2.05) is 31.5 Å². The van der Waals surface area contributed by atoms with Crippen molar-refractivity contribution in [2.24, 2.45) is 29.8 Å². The highest BCUT2D eigenvalue weighted by atomic mass is 16.5. The van der Waals surface area contributed by atoms with Crippen molar-refractivity contribution >= 4 is 17.0 Å². The number of ether oxygens (including phenoxy) is 1. The van der Waals surface area contributed by atoms with Crippen LogP contribution in [0.25, 0.3) is 11.1 Å². The second kappa shape index (κ2) is 21.6. The minimum absolute atomic E-state index is 0.0107. The predicted octanol–water partition coefficient (Wildman–Crippen LogP) is 6.77. The first-order valence-corrected chi connectivity index (χ1v) is 18.6. The molecule has 3 N–H and O–H groups in total. The third-order valence-electron chi connectivity index (χ3n) is 8.95. The molecule has 0 atom stereocenters. The molecule has 0 amide bonds. The van der Waals surface area contributed by atoms with Crippen molar-refractivity contribution in [3.8, 4) is 0 Å². The number of nitrogens with two attached hydrogens (primary N) is 1. The van der Waals surface area contributed by atoms with Gasteiger partial charge in [0.1, 0.15) is 12.4 Å². The van der Waals surface area contributed by atoms with Gasteiger partial charge in [0, 0.05) is 50.6 Å². The standard InChI is InChI=1S/C29H35N5O3.C9H18N2O.C2H6/c1-5-7-10-18-30-28-33(3)25(11-6-2)24(27(35)34(28)4)19-20-14-16-21(17-15-20)22-12-8-9-13-23(22)26-31-29(36)37-32-26;1-11-9(10)7-12-8-5-3-2-4-6-8;1-2/h10,12-18H,5-9,11,19H2,1-4H3,(H,31,32,36);8H,2-7H2,1H3,(H2,10,11);1-2H3/b18-10-,30-28?;;. The van der Waals surface area contributed by atoms with Gasteiger partial charge in [-0.05, 0) is 55.2 Å². The van der Waals surface area contributed by atoms with Crippen molar-refractivity contribution < 1.29 is 9.26 Å². The molecular formula is C40H59N7O4. The van der Waals surface area contributed by atoms with Gasteiger partial charge in [-0.3, -0.25) is 23.9 Å². The molecule has 0 unspecified atom stereocenters. The summed E-state index contributed by atoms with van der Waals surface area (Å²) in [4.78, 5) is 36.0. The van der Waals surface area contributed by atoms with E-state index in [9.17, 15) is 9.59 Å². The fraction of sp³-hybridized carbons (Fsp3) is 0.525. The summed E-state index contributed by atoms with van der Waals surface area (Å²) < 4.78 is 14.0. The Morgan fingerprint density at radius 1 is 1.02 bits per heavy atom. The van der Waals surface area contributed by atoms with Gasteiger partial charge < -0.3 is 15.0 Å². The maximum absolute atomic E-state index is 13.5. The van der Waals surface area contributed by atoms with Gasteiger partial charge in [0.25, 0.3) is 5.56 Å². The van der Waals surface area contributed by atoms with Crippen molar-refractivity contribution in [3.05, 3.63) is 103 Å². The summed E-state index contributed by atoms with van der Waals surface area (Å²) in [5.41, 5.74) is 11.9. The van der Waals surface area contributed by atoms with Crippen LogP contribution in [0, 0.1) is 0 Å². The normalized spacial score (nSPS) is 15.5. The van der Waals surface area contributed by atoms with Gasteiger partial charge in [-0.15, -0.1) is 0 Å². The maximum Gasteiger partial charge on any atom is 0.439 e. The lowest BCUT2D eigenvalue weighted by atomic mass is 9.90. The molecule has 1 aromatic carbocycles. The number of nitrogens with zero attached hydrogens (tertiary/aromatic N) is 5. The van der Waals surface area contributed by atoms with E-state index in [0.717, 1.165) is 72.1 Å². The average molecular weight is 702 g/mol. The third kappa shape index (κ3) is 11.8. The third-order valence-corrected chi connectivity index (χ3v) is 8.95. The van der Waals surface area contributed by atoms with Crippen LogP contribution in [0.4, 0.5) is 0 Å². The number of benzene rings is 1. The summed E-state index contributed by atoms with van der Waals surface area (Å²) in [6.45, 7) is 8.75. The molecule has 51 heavy (non-hydrogen) atoms. The van der Waals surface area contributed by atoms with E-state index in [1.54, 1.807) is 24.9 Å². The van der Waals surface area contributed by atoms with E-state index in [0.29, 0.717) is 36.4 Å². The number of H-pyrrole nitrogens is 1. The van der Waals surface area contributed by atoms with Crippen LogP contribution >= 0.6 is 0 Å². The maximum atomic E-state index is 13.5. The van der Waals surface area contributed by atoms with Gasteiger partial charge in [0.15, 0.2) is 5.82 Å². The predicted molar refractivity (Wildman–Crippen MR) is 208 cm³/mol. The molecule has 1 saturated carbocycles.